The molecule has 0 N–H and O–H groups in total. The van der Waals surface area contributed by atoms with Gasteiger partial charge in [-0.05, 0) is 72.6 Å². The van der Waals surface area contributed by atoms with E-state index >= 15 is 0 Å². The molecule has 2 atom stereocenters. The molecule has 0 amide bonds. The van der Waals surface area contributed by atoms with Gasteiger partial charge in [0.2, 0.25) is 6.23 Å². The molecule has 7 heteroatoms. The van der Waals surface area contributed by atoms with E-state index < -0.39 is 6.23 Å². The smallest absolute Gasteiger partial charge is 0.213 e. The second-order valence-corrected chi connectivity index (χ2v) is 9.27. The lowest BCUT2D eigenvalue weighted by Crippen LogP contribution is -2.33. The van der Waals surface area contributed by atoms with E-state index in [1.807, 2.05) is 59.6 Å². The highest BCUT2D eigenvalue weighted by Gasteiger charge is 2.42. The van der Waals surface area contributed by atoms with Crippen molar-refractivity contribution >= 4 is 28.9 Å². The number of hydrogen-bond acceptors (Lipinski definition) is 5. The van der Waals surface area contributed by atoms with Crippen LogP contribution in [0.5, 0.6) is 17.2 Å². The van der Waals surface area contributed by atoms with Crippen molar-refractivity contribution in [2.24, 2.45) is 5.10 Å². The van der Waals surface area contributed by atoms with Crippen molar-refractivity contribution in [3.05, 3.63) is 87.4 Å². The van der Waals surface area contributed by atoms with E-state index in [-0.39, 0.29) is 6.04 Å². The number of hydrazone groups is 1. The molecule has 3 aromatic carbocycles. The molecular weight excluding hydrogens is 471 g/mol. The van der Waals surface area contributed by atoms with Crippen LogP contribution in [0, 0.1) is 0 Å². The zero-order chi connectivity index (χ0) is 23.7. The third-order valence-electron chi connectivity index (χ3n) is 6.16. The summed E-state index contributed by atoms with van der Waals surface area (Å²) in [4.78, 5) is 0. The van der Waals surface area contributed by atoms with E-state index in [0.29, 0.717) is 28.8 Å². The third kappa shape index (κ3) is 4.42. The van der Waals surface area contributed by atoms with E-state index in [0.717, 1.165) is 46.7 Å². The highest BCUT2D eigenvalue weighted by Crippen LogP contribution is 2.50. The van der Waals surface area contributed by atoms with Gasteiger partial charge in [-0.3, -0.25) is 0 Å². The number of rotatable bonds is 7. The van der Waals surface area contributed by atoms with Crippen molar-refractivity contribution in [1.82, 2.24) is 5.01 Å². The van der Waals surface area contributed by atoms with Gasteiger partial charge in [0.1, 0.15) is 17.2 Å². The summed E-state index contributed by atoms with van der Waals surface area (Å²) in [6, 6.07) is 19.6. The highest BCUT2D eigenvalue weighted by atomic mass is 35.5. The van der Waals surface area contributed by atoms with Crippen molar-refractivity contribution < 1.29 is 14.2 Å². The van der Waals surface area contributed by atoms with Gasteiger partial charge in [-0.2, -0.15) is 5.10 Å². The molecular formula is C27H26Cl2N2O3. The molecule has 5 nitrogen and oxygen atoms in total. The van der Waals surface area contributed by atoms with Crippen LogP contribution in [0.4, 0.5) is 0 Å². The Morgan fingerprint density at radius 2 is 1.76 bits per heavy atom. The van der Waals surface area contributed by atoms with Gasteiger partial charge in [-0.15, -0.1) is 0 Å². The first kappa shape index (κ1) is 22.9. The monoisotopic (exact) mass is 496 g/mol. The lowest BCUT2D eigenvalue weighted by molar-refractivity contribution is -0.0189. The summed E-state index contributed by atoms with van der Waals surface area (Å²) in [6.07, 6.45) is 2.43. The van der Waals surface area contributed by atoms with E-state index in [9.17, 15) is 0 Å². The first-order chi connectivity index (χ1) is 16.6. The van der Waals surface area contributed by atoms with E-state index in [1.54, 1.807) is 13.2 Å². The predicted molar refractivity (Wildman–Crippen MR) is 135 cm³/mol. The molecule has 0 spiro atoms. The number of methoxy groups -OCH3 is 1. The number of nitrogens with zero attached hydrogens (tertiary/aromatic N) is 2. The normalized spacial score (nSPS) is 18.6. The Labute approximate surface area is 209 Å². The predicted octanol–water partition coefficient (Wildman–Crippen LogP) is 7.42. The number of fused-ring (bicyclic) bond motifs is 3. The summed E-state index contributed by atoms with van der Waals surface area (Å²) in [5.74, 6) is 2.32. The molecule has 0 bridgehead atoms. The average molecular weight is 497 g/mol. The van der Waals surface area contributed by atoms with Gasteiger partial charge in [0.15, 0.2) is 0 Å². The molecule has 5 rings (SSSR count). The van der Waals surface area contributed by atoms with Gasteiger partial charge in [-0.1, -0.05) is 36.5 Å². The van der Waals surface area contributed by atoms with Gasteiger partial charge in [0, 0.05) is 22.6 Å². The fraction of sp³-hybridized carbons (Fsp3) is 0.296. The molecule has 0 aliphatic carbocycles. The molecule has 0 saturated carbocycles. The fourth-order valence-corrected chi connectivity index (χ4v) is 4.91. The molecule has 0 aromatic heterocycles. The third-order valence-corrected chi connectivity index (χ3v) is 6.66. The zero-order valence-corrected chi connectivity index (χ0v) is 20.6. The van der Waals surface area contributed by atoms with E-state index in [1.165, 1.54) is 0 Å². The topological polar surface area (TPSA) is 43.3 Å². The van der Waals surface area contributed by atoms with Crippen LogP contribution in [0.15, 0.2) is 65.8 Å². The van der Waals surface area contributed by atoms with Crippen molar-refractivity contribution in [3.8, 4) is 17.2 Å². The lowest BCUT2D eigenvalue weighted by Gasteiger charge is -2.38. The summed E-state index contributed by atoms with van der Waals surface area (Å²) >= 11 is 12.9. The van der Waals surface area contributed by atoms with Crippen molar-refractivity contribution in [2.75, 3.05) is 13.7 Å². The van der Waals surface area contributed by atoms with Crippen LogP contribution < -0.4 is 14.2 Å². The number of unbranched alkanes of at least 4 members (excludes halogenated alkanes) is 1. The molecule has 0 radical (unpaired) electrons. The molecule has 2 heterocycles. The summed E-state index contributed by atoms with van der Waals surface area (Å²) in [5, 5.41) is 8.10. The van der Waals surface area contributed by atoms with Crippen LogP contribution in [0.3, 0.4) is 0 Å². The summed E-state index contributed by atoms with van der Waals surface area (Å²) in [5.41, 5.74) is 3.94. The Morgan fingerprint density at radius 1 is 1.03 bits per heavy atom. The van der Waals surface area contributed by atoms with Gasteiger partial charge >= 0.3 is 0 Å². The summed E-state index contributed by atoms with van der Waals surface area (Å²) in [6.45, 7) is 2.86. The SMILES string of the molecule is CCCCOc1ccc([C@@H]2Oc3c(Cl)cc(Cl)cc3[C@H]3CC(c4ccc(OC)cc4)=NN32)cc1. The molecule has 2 aliphatic rings. The van der Waals surface area contributed by atoms with E-state index in [4.69, 9.17) is 42.5 Å². The van der Waals surface area contributed by atoms with Crippen molar-refractivity contribution in [1.29, 1.82) is 0 Å². The standard InChI is InChI=1S/C27H26Cl2N2O3/c1-3-4-13-33-21-11-7-18(8-12-21)27-31-25(22-14-19(28)15-23(29)26(22)34-27)16-24(30-31)17-5-9-20(32-2)10-6-17/h5-12,14-15,25,27H,3-4,13,16H2,1-2H3/t25-,27+/m1/s1. The van der Waals surface area contributed by atoms with Crippen LogP contribution in [-0.4, -0.2) is 24.4 Å². The second kappa shape index (κ2) is 9.77. The first-order valence-electron chi connectivity index (χ1n) is 11.5. The Morgan fingerprint density at radius 3 is 2.47 bits per heavy atom. The largest absolute Gasteiger partial charge is 0.497 e. The summed E-state index contributed by atoms with van der Waals surface area (Å²) in [7, 11) is 1.66. The van der Waals surface area contributed by atoms with Crippen LogP contribution >= 0.6 is 23.2 Å². The van der Waals surface area contributed by atoms with Crippen LogP contribution in [0.25, 0.3) is 0 Å². The molecule has 176 valence electrons. The van der Waals surface area contributed by atoms with E-state index in [2.05, 4.69) is 6.92 Å². The molecule has 3 aromatic rings. The molecule has 0 saturated heterocycles. The Bertz CT molecular complexity index is 1200. The minimum atomic E-state index is -0.420. The number of hydrogen-bond donors (Lipinski definition) is 0. The zero-order valence-electron chi connectivity index (χ0n) is 19.1. The second-order valence-electron chi connectivity index (χ2n) is 8.42. The lowest BCUT2D eigenvalue weighted by atomic mass is 9.96. The molecule has 34 heavy (non-hydrogen) atoms. The average Bonchev–Trinajstić information content (AvgIpc) is 3.30. The Balaban J connectivity index is 1.50. The minimum Gasteiger partial charge on any atom is -0.497 e. The summed E-state index contributed by atoms with van der Waals surface area (Å²) < 4.78 is 17.6. The van der Waals surface area contributed by atoms with Crippen LogP contribution in [0.1, 0.15) is 55.1 Å². The van der Waals surface area contributed by atoms with Gasteiger partial charge < -0.3 is 14.2 Å². The maximum absolute atomic E-state index is 6.57. The Kier molecular flexibility index (Phi) is 6.57. The van der Waals surface area contributed by atoms with Gasteiger partial charge in [0.25, 0.3) is 0 Å². The molecule has 2 aliphatic heterocycles. The van der Waals surface area contributed by atoms with Crippen molar-refractivity contribution in [2.45, 2.75) is 38.5 Å². The minimum absolute atomic E-state index is 0.0393. The van der Waals surface area contributed by atoms with Crippen LogP contribution in [-0.2, 0) is 0 Å². The first-order valence-corrected chi connectivity index (χ1v) is 12.2. The fourth-order valence-electron chi connectivity index (χ4n) is 4.36. The maximum Gasteiger partial charge on any atom is 0.213 e. The Hall–Kier alpha value is -2.89. The van der Waals surface area contributed by atoms with Crippen molar-refractivity contribution in [3.63, 3.8) is 0 Å². The maximum atomic E-state index is 6.57. The molecule has 0 unspecified atom stereocenters. The van der Waals surface area contributed by atoms with Gasteiger partial charge in [0.05, 0.1) is 30.5 Å². The number of halogens is 2. The van der Waals surface area contributed by atoms with Crippen LogP contribution in [0.2, 0.25) is 10.0 Å². The molecule has 0 fully saturated rings. The van der Waals surface area contributed by atoms with Gasteiger partial charge in [-0.25, -0.2) is 5.01 Å². The quantitative estimate of drug-likeness (QED) is 0.319. The number of benzene rings is 3. The number of ether oxygens (including phenoxy) is 3. The highest BCUT2D eigenvalue weighted by molar-refractivity contribution is 6.35.